The molecular weight excluding hydrogens is 240 g/mol. The first-order valence-electron chi connectivity index (χ1n) is 7.56. The van der Waals surface area contributed by atoms with Crippen LogP contribution in [0.5, 0.6) is 0 Å². The molecule has 18 heavy (non-hydrogen) atoms. The van der Waals surface area contributed by atoms with Gasteiger partial charge < -0.3 is 5.32 Å². The largest absolute Gasteiger partial charge is 0.360 e. The van der Waals surface area contributed by atoms with Gasteiger partial charge in [0.05, 0.1) is 6.04 Å². The van der Waals surface area contributed by atoms with Gasteiger partial charge in [-0.25, -0.2) is 0 Å². The van der Waals surface area contributed by atoms with E-state index in [0.29, 0.717) is 6.04 Å². The minimum absolute atomic E-state index is 0.274. The summed E-state index contributed by atoms with van der Waals surface area (Å²) < 4.78 is 0. The molecule has 1 aliphatic carbocycles. The van der Waals surface area contributed by atoms with Crippen LogP contribution < -0.4 is 5.32 Å². The average molecular weight is 268 g/mol. The Labute approximate surface area is 116 Å². The first kappa shape index (κ1) is 14.2. The number of nitrogens with one attached hydrogen (secondary N) is 1. The minimum Gasteiger partial charge on any atom is -0.360 e. The fraction of sp³-hybridized carbons (Fsp3) is 0.933. The summed E-state index contributed by atoms with van der Waals surface area (Å²) in [7, 11) is 0. The van der Waals surface area contributed by atoms with E-state index in [9.17, 15) is 0 Å². The van der Waals surface area contributed by atoms with E-state index in [2.05, 4.69) is 33.0 Å². The van der Waals surface area contributed by atoms with Crippen LogP contribution in [0.3, 0.4) is 0 Å². The van der Waals surface area contributed by atoms with Gasteiger partial charge in [-0.1, -0.05) is 39.0 Å². The maximum absolute atomic E-state index is 5.03. The number of nitrogens with zero attached hydrogens (tertiary/aromatic N) is 1. The normalized spacial score (nSPS) is 43.1. The van der Waals surface area contributed by atoms with Crippen LogP contribution in [0, 0.1) is 11.8 Å². The lowest BCUT2D eigenvalue weighted by molar-refractivity contribution is 0.375. The molecule has 2 rings (SSSR count). The molecule has 0 aromatic carbocycles. The van der Waals surface area contributed by atoms with Gasteiger partial charge in [-0.15, -0.1) is 0 Å². The quantitative estimate of drug-likeness (QED) is 0.834. The highest BCUT2D eigenvalue weighted by Crippen LogP contribution is 2.36. The van der Waals surface area contributed by atoms with Gasteiger partial charge >= 0.3 is 0 Å². The number of amidine groups is 1. The molecular formula is C15H28N2S. The third kappa shape index (κ3) is 3.04. The molecule has 1 saturated heterocycles. The predicted octanol–water partition coefficient (Wildman–Crippen LogP) is 4.06. The van der Waals surface area contributed by atoms with Crippen LogP contribution in [0.25, 0.3) is 0 Å². The molecule has 2 fully saturated rings. The summed E-state index contributed by atoms with van der Waals surface area (Å²) in [5.74, 6) is 2.87. The lowest BCUT2D eigenvalue weighted by Crippen LogP contribution is -2.48. The summed E-state index contributed by atoms with van der Waals surface area (Å²) in [5, 5.41) is 4.88. The lowest BCUT2D eigenvalue weighted by atomic mass is 9.94. The zero-order valence-electron chi connectivity index (χ0n) is 12.3. The van der Waals surface area contributed by atoms with Crippen LogP contribution in [0.15, 0.2) is 4.99 Å². The summed E-state index contributed by atoms with van der Waals surface area (Å²) in [6.45, 7) is 9.31. The van der Waals surface area contributed by atoms with Gasteiger partial charge in [0, 0.05) is 11.3 Å². The molecule has 0 radical (unpaired) electrons. The smallest absolute Gasteiger partial charge is 0.157 e. The molecule has 2 aliphatic rings. The van der Waals surface area contributed by atoms with Crippen molar-refractivity contribution in [2.75, 3.05) is 5.75 Å². The Bertz CT molecular complexity index is 316. The Kier molecular flexibility index (Phi) is 4.63. The van der Waals surface area contributed by atoms with Crippen LogP contribution in [0.2, 0.25) is 0 Å². The van der Waals surface area contributed by atoms with Crippen LogP contribution in [0.4, 0.5) is 0 Å². The average Bonchev–Trinajstić information content (AvgIpc) is 2.71. The molecule has 0 spiro atoms. The van der Waals surface area contributed by atoms with Crippen molar-refractivity contribution in [1.29, 1.82) is 0 Å². The van der Waals surface area contributed by atoms with Crippen molar-refractivity contribution in [2.24, 2.45) is 16.8 Å². The Morgan fingerprint density at radius 2 is 2.17 bits per heavy atom. The highest BCUT2D eigenvalue weighted by atomic mass is 32.2. The molecule has 1 N–H and O–H groups in total. The zero-order chi connectivity index (χ0) is 13.2. The van der Waals surface area contributed by atoms with E-state index in [1.54, 1.807) is 0 Å². The lowest BCUT2D eigenvalue weighted by Gasteiger charge is -2.35. The third-order valence-corrected chi connectivity index (χ3v) is 5.96. The predicted molar refractivity (Wildman–Crippen MR) is 82.3 cm³/mol. The van der Waals surface area contributed by atoms with Crippen molar-refractivity contribution in [3.8, 4) is 0 Å². The monoisotopic (exact) mass is 268 g/mol. The molecule has 104 valence electrons. The van der Waals surface area contributed by atoms with Gasteiger partial charge in [0.1, 0.15) is 0 Å². The van der Waals surface area contributed by atoms with E-state index in [-0.39, 0.29) is 5.54 Å². The first-order valence-corrected chi connectivity index (χ1v) is 8.55. The van der Waals surface area contributed by atoms with E-state index < -0.39 is 0 Å². The molecule has 0 aromatic rings. The van der Waals surface area contributed by atoms with Gasteiger partial charge in [-0.3, -0.25) is 4.99 Å². The van der Waals surface area contributed by atoms with Gasteiger partial charge in [-0.05, 0) is 44.4 Å². The number of hydrogen-bond donors (Lipinski definition) is 1. The van der Waals surface area contributed by atoms with Gasteiger partial charge in [0.25, 0.3) is 0 Å². The van der Waals surface area contributed by atoms with Crippen molar-refractivity contribution in [1.82, 2.24) is 5.32 Å². The van der Waals surface area contributed by atoms with Crippen molar-refractivity contribution in [3.05, 3.63) is 0 Å². The molecule has 4 atom stereocenters. The maximum atomic E-state index is 5.03. The molecule has 0 bridgehead atoms. The molecule has 2 nitrogen and oxygen atoms in total. The molecule has 3 heteroatoms. The van der Waals surface area contributed by atoms with Crippen LogP contribution in [0.1, 0.15) is 59.8 Å². The summed E-state index contributed by atoms with van der Waals surface area (Å²) in [6, 6.07) is 0.559. The maximum Gasteiger partial charge on any atom is 0.157 e. The Morgan fingerprint density at radius 3 is 2.78 bits per heavy atom. The molecule has 4 unspecified atom stereocenters. The number of rotatable bonds is 3. The summed E-state index contributed by atoms with van der Waals surface area (Å²) >= 11 is 1.92. The number of hydrogen-bond acceptors (Lipinski definition) is 2. The van der Waals surface area contributed by atoms with Gasteiger partial charge in [-0.2, -0.15) is 0 Å². The van der Waals surface area contributed by atoms with Crippen LogP contribution >= 0.6 is 11.8 Å². The van der Waals surface area contributed by atoms with Crippen LogP contribution in [-0.4, -0.2) is 22.5 Å². The van der Waals surface area contributed by atoms with Crippen molar-refractivity contribution >= 4 is 16.9 Å². The Balaban J connectivity index is 2.01. The van der Waals surface area contributed by atoms with Gasteiger partial charge in [0.15, 0.2) is 5.17 Å². The standard InChI is InChI=1S/C15H28N2S/c1-5-12-7-8-13(11(12)3)16-14-17-15(4,6-2)9-10-18-14/h11-13H,5-10H2,1-4H3,(H,16,17). The number of thioether (sulfide) groups is 1. The SMILES string of the molecule is CCC1CCC(N=C2NC(C)(CC)CCS2)C1C. The zero-order valence-corrected chi connectivity index (χ0v) is 13.1. The van der Waals surface area contributed by atoms with E-state index in [1.165, 1.54) is 43.0 Å². The van der Waals surface area contributed by atoms with E-state index in [4.69, 9.17) is 4.99 Å². The fourth-order valence-electron chi connectivity index (χ4n) is 3.20. The van der Waals surface area contributed by atoms with Crippen molar-refractivity contribution in [2.45, 2.75) is 71.4 Å². The summed E-state index contributed by atoms with van der Waals surface area (Å²) in [6.07, 6.45) is 6.41. The third-order valence-electron chi connectivity index (χ3n) is 5.07. The highest BCUT2D eigenvalue weighted by Gasteiger charge is 2.33. The molecule has 0 aromatic heterocycles. The number of aliphatic imine (C=N–C) groups is 1. The topological polar surface area (TPSA) is 24.4 Å². The highest BCUT2D eigenvalue weighted by molar-refractivity contribution is 8.13. The summed E-state index contributed by atoms with van der Waals surface area (Å²) in [5.41, 5.74) is 0.274. The van der Waals surface area contributed by atoms with Crippen LogP contribution in [-0.2, 0) is 0 Å². The second-order valence-corrected chi connectivity index (χ2v) is 7.33. The first-order chi connectivity index (χ1) is 8.58. The minimum atomic E-state index is 0.274. The molecule has 1 aliphatic heterocycles. The molecule has 1 heterocycles. The van der Waals surface area contributed by atoms with Crippen molar-refractivity contribution < 1.29 is 0 Å². The molecule has 1 saturated carbocycles. The summed E-state index contributed by atoms with van der Waals surface area (Å²) in [4.78, 5) is 5.03. The van der Waals surface area contributed by atoms with Crippen molar-refractivity contribution in [3.63, 3.8) is 0 Å². The Morgan fingerprint density at radius 1 is 1.39 bits per heavy atom. The second kappa shape index (κ2) is 5.85. The second-order valence-electron chi connectivity index (χ2n) is 6.24. The Hall–Kier alpha value is -0.180. The van der Waals surface area contributed by atoms with E-state index in [0.717, 1.165) is 11.8 Å². The van der Waals surface area contributed by atoms with E-state index in [1.807, 2.05) is 11.8 Å². The molecule has 0 amide bonds. The fourth-order valence-corrected chi connectivity index (χ4v) is 4.47. The van der Waals surface area contributed by atoms with Gasteiger partial charge in [0.2, 0.25) is 0 Å². The van der Waals surface area contributed by atoms with E-state index >= 15 is 0 Å².